The van der Waals surface area contributed by atoms with Gasteiger partial charge in [0.1, 0.15) is 5.25 Å². The smallest absolute Gasteiger partial charge is 0.316 e. The molecule has 0 radical (unpaired) electrons. The molecule has 0 aromatic heterocycles. The van der Waals surface area contributed by atoms with Crippen LogP contribution < -0.4 is 4.72 Å². The zero-order chi connectivity index (χ0) is 13.8. The number of benzene rings is 1. The molecular formula is C11H15NO4S2. The predicted octanol–water partition coefficient (Wildman–Crippen LogP) is 1.55. The molecule has 18 heavy (non-hydrogen) atoms. The van der Waals surface area contributed by atoms with Crippen molar-refractivity contribution in [1.82, 2.24) is 4.72 Å². The van der Waals surface area contributed by atoms with E-state index < -0.39 is 21.2 Å². The van der Waals surface area contributed by atoms with E-state index in [-0.39, 0.29) is 4.90 Å². The summed E-state index contributed by atoms with van der Waals surface area (Å²) < 4.78 is 25.7. The molecule has 1 unspecified atom stereocenters. The quantitative estimate of drug-likeness (QED) is 0.776. The average Bonchev–Trinajstić information content (AvgIpc) is 2.29. The normalized spacial score (nSPS) is 13.2. The Morgan fingerprint density at radius 1 is 1.39 bits per heavy atom. The minimum atomic E-state index is -3.45. The van der Waals surface area contributed by atoms with E-state index in [2.05, 4.69) is 4.72 Å². The van der Waals surface area contributed by atoms with Gasteiger partial charge in [-0.05, 0) is 31.2 Å². The molecule has 1 aromatic rings. The van der Waals surface area contributed by atoms with Gasteiger partial charge in [-0.25, -0.2) is 13.1 Å². The summed E-state index contributed by atoms with van der Waals surface area (Å²) in [5.74, 6) is -0.899. The average molecular weight is 289 g/mol. The van der Waals surface area contributed by atoms with Crippen LogP contribution in [-0.2, 0) is 14.8 Å². The summed E-state index contributed by atoms with van der Waals surface area (Å²) >= 11 is 1.17. The van der Waals surface area contributed by atoms with Crippen molar-refractivity contribution in [3.8, 4) is 0 Å². The van der Waals surface area contributed by atoms with E-state index >= 15 is 0 Å². The standard InChI is InChI=1S/C11H15NO4S2/c1-3-12-18(15,16)10-6-4-9(5-7-10)17-8(2)11(13)14/h4-8,12H,3H2,1-2H3,(H,13,14). The summed E-state index contributed by atoms with van der Waals surface area (Å²) in [4.78, 5) is 11.6. The number of hydrogen-bond acceptors (Lipinski definition) is 4. The summed E-state index contributed by atoms with van der Waals surface area (Å²) in [6.45, 7) is 3.61. The summed E-state index contributed by atoms with van der Waals surface area (Å²) in [5, 5.41) is 8.20. The topological polar surface area (TPSA) is 83.5 Å². The lowest BCUT2D eigenvalue weighted by Crippen LogP contribution is -2.23. The molecule has 0 aliphatic heterocycles. The molecule has 100 valence electrons. The van der Waals surface area contributed by atoms with Crippen molar-refractivity contribution < 1.29 is 18.3 Å². The van der Waals surface area contributed by atoms with Crippen LogP contribution in [0.3, 0.4) is 0 Å². The Morgan fingerprint density at radius 2 is 1.94 bits per heavy atom. The number of carboxylic acids is 1. The van der Waals surface area contributed by atoms with Gasteiger partial charge in [0.2, 0.25) is 10.0 Å². The molecule has 0 saturated heterocycles. The Hall–Kier alpha value is -1.05. The maximum absolute atomic E-state index is 11.7. The SMILES string of the molecule is CCNS(=O)(=O)c1ccc(SC(C)C(=O)O)cc1. The lowest BCUT2D eigenvalue weighted by Gasteiger charge is -2.07. The molecule has 0 aliphatic rings. The molecule has 0 spiro atoms. The van der Waals surface area contributed by atoms with Crippen molar-refractivity contribution in [2.24, 2.45) is 0 Å². The molecule has 5 nitrogen and oxygen atoms in total. The second-order valence-electron chi connectivity index (χ2n) is 3.57. The molecule has 1 aromatic carbocycles. The fraction of sp³-hybridized carbons (Fsp3) is 0.364. The Kier molecular flexibility index (Phi) is 5.18. The van der Waals surface area contributed by atoms with Crippen molar-refractivity contribution >= 4 is 27.8 Å². The van der Waals surface area contributed by atoms with Crippen molar-refractivity contribution in [2.75, 3.05) is 6.54 Å². The second-order valence-corrected chi connectivity index (χ2v) is 6.75. The number of sulfonamides is 1. The van der Waals surface area contributed by atoms with Gasteiger partial charge in [0, 0.05) is 11.4 Å². The molecular weight excluding hydrogens is 274 g/mol. The fourth-order valence-corrected chi connectivity index (χ4v) is 3.07. The third-order valence-electron chi connectivity index (χ3n) is 2.13. The molecule has 0 saturated carbocycles. The van der Waals surface area contributed by atoms with E-state index in [1.807, 2.05) is 0 Å². The maximum atomic E-state index is 11.7. The van der Waals surface area contributed by atoms with Gasteiger partial charge in [0.25, 0.3) is 0 Å². The Labute approximate surface area is 111 Å². The number of aliphatic carboxylic acids is 1. The third-order valence-corrected chi connectivity index (χ3v) is 4.79. The highest BCUT2D eigenvalue weighted by Crippen LogP contribution is 2.24. The van der Waals surface area contributed by atoms with Crippen LogP contribution in [0, 0.1) is 0 Å². The molecule has 0 bridgehead atoms. The van der Waals surface area contributed by atoms with Crippen molar-refractivity contribution in [2.45, 2.75) is 28.9 Å². The van der Waals surface area contributed by atoms with Gasteiger partial charge in [-0.2, -0.15) is 0 Å². The molecule has 2 N–H and O–H groups in total. The number of carboxylic acid groups (broad SMARTS) is 1. The third kappa shape index (κ3) is 4.01. The van der Waals surface area contributed by atoms with Gasteiger partial charge in [0.15, 0.2) is 0 Å². The number of nitrogens with one attached hydrogen (secondary N) is 1. The van der Waals surface area contributed by atoms with Crippen LogP contribution in [0.4, 0.5) is 0 Å². The van der Waals surface area contributed by atoms with E-state index in [0.29, 0.717) is 6.54 Å². The van der Waals surface area contributed by atoms with Crippen LogP contribution in [0.2, 0.25) is 0 Å². The largest absolute Gasteiger partial charge is 0.480 e. The number of rotatable bonds is 6. The second kappa shape index (κ2) is 6.21. The zero-order valence-electron chi connectivity index (χ0n) is 10.1. The van der Waals surface area contributed by atoms with Gasteiger partial charge in [-0.3, -0.25) is 4.79 Å². The van der Waals surface area contributed by atoms with Gasteiger partial charge < -0.3 is 5.11 Å². The summed E-state index contributed by atoms with van der Waals surface area (Å²) in [5.41, 5.74) is 0. The zero-order valence-corrected chi connectivity index (χ0v) is 11.7. The van der Waals surface area contributed by atoms with Crippen LogP contribution in [0.15, 0.2) is 34.1 Å². The predicted molar refractivity (Wildman–Crippen MR) is 70.3 cm³/mol. The van der Waals surface area contributed by atoms with E-state index in [1.165, 1.54) is 23.9 Å². The van der Waals surface area contributed by atoms with Crippen LogP contribution in [0.5, 0.6) is 0 Å². The highest BCUT2D eigenvalue weighted by molar-refractivity contribution is 8.00. The number of carbonyl (C=O) groups is 1. The van der Waals surface area contributed by atoms with Crippen LogP contribution in [0.1, 0.15) is 13.8 Å². The first-order chi connectivity index (χ1) is 8.36. The molecule has 0 aliphatic carbocycles. The van der Waals surface area contributed by atoms with E-state index in [9.17, 15) is 13.2 Å². The molecule has 7 heteroatoms. The molecule has 1 rings (SSSR count). The maximum Gasteiger partial charge on any atom is 0.316 e. The number of thioether (sulfide) groups is 1. The highest BCUT2D eigenvalue weighted by atomic mass is 32.2. The van der Waals surface area contributed by atoms with Crippen LogP contribution in [0.25, 0.3) is 0 Å². The summed E-state index contributed by atoms with van der Waals surface area (Å²) in [6.07, 6.45) is 0. The van der Waals surface area contributed by atoms with Crippen molar-refractivity contribution in [3.05, 3.63) is 24.3 Å². The lowest BCUT2D eigenvalue weighted by molar-refractivity contribution is -0.136. The summed E-state index contributed by atoms with van der Waals surface area (Å²) in [7, 11) is -3.45. The summed E-state index contributed by atoms with van der Waals surface area (Å²) in [6, 6.07) is 6.15. The van der Waals surface area contributed by atoms with E-state index in [1.54, 1.807) is 26.0 Å². The first-order valence-electron chi connectivity index (χ1n) is 5.36. The van der Waals surface area contributed by atoms with Crippen molar-refractivity contribution in [1.29, 1.82) is 0 Å². The van der Waals surface area contributed by atoms with Crippen molar-refractivity contribution in [3.63, 3.8) is 0 Å². The minimum Gasteiger partial charge on any atom is -0.480 e. The van der Waals surface area contributed by atoms with Gasteiger partial charge in [-0.1, -0.05) is 6.92 Å². The Morgan fingerprint density at radius 3 is 2.39 bits per heavy atom. The number of hydrogen-bond donors (Lipinski definition) is 2. The molecule has 0 heterocycles. The monoisotopic (exact) mass is 289 g/mol. The highest BCUT2D eigenvalue weighted by Gasteiger charge is 2.15. The minimum absolute atomic E-state index is 0.177. The van der Waals surface area contributed by atoms with Gasteiger partial charge >= 0.3 is 5.97 Å². The van der Waals surface area contributed by atoms with Crippen LogP contribution >= 0.6 is 11.8 Å². The fourth-order valence-electron chi connectivity index (χ4n) is 1.23. The molecule has 0 amide bonds. The lowest BCUT2D eigenvalue weighted by atomic mass is 10.4. The molecule has 0 fully saturated rings. The van der Waals surface area contributed by atoms with Crippen LogP contribution in [-0.4, -0.2) is 31.3 Å². The van der Waals surface area contributed by atoms with E-state index in [4.69, 9.17) is 5.11 Å². The first kappa shape index (κ1) is 15.0. The van der Waals surface area contributed by atoms with E-state index in [0.717, 1.165) is 4.90 Å². The van der Waals surface area contributed by atoms with Gasteiger partial charge in [0.05, 0.1) is 4.90 Å². The van der Waals surface area contributed by atoms with Gasteiger partial charge in [-0.15, -0.1) is 11.8 Å². The Bertz CT molecular complexity index is 510. The Balaban J connectivity index is 2.84. The first-order valence-corrected chi connectivity index (χ1v) is 7.72. The molecule has 1 atom stereocenters.